The second-order valence-electron chi connectivity index (χ2n) is 5.74. The van der Waals surface area contributed by atoms with Crippen molar-refractivity contribution in [2.75, 3.05) is 17.3 Å². The van der Waals surface area contributed by atoms with Gasteiger partial charge in [0.1, 0.15) is 0 Å². The molecule has 0 saturated carbocycles. The van der Waals surface area contributed by atoms with Crippen LogP contribution in [0.3, 0.4) is 0 Å². The molecular weight excluding hydrogens is 250 g/mol. The lowest BCUT2D eigenvalue weighted by Gasteiger charge is -2.27. The third-order valence-corrected chi connectivity index (χ3v) is 3.73. The van der Waals surface area contributed by atoms with Crippen LogP contribution >= 0.6 is 11.6 Å². The summed E-state index contributed by atoms with van der Waals surface area (Å²) in [6.07, 6.45) is 5.56. The minimum absolute atomic E-state index is 0.0259. The molecule has 100 valence electrons. The van der Waals surface area contributed by atoms with Gasteiger partial charge < -0.3 is 9.47 Å². The Bertz CT molecular complexity index is 478. The highest BCUT2D eigenvalue weighted by Crippen LogP contribution is 2.22. The molecule has 0 N–H and O–H groups in total. The van der Waals surface area contributed by atoms with Gasteiger partial charge in [-0.25, -0.2) is 4.98 Å². The Hall–Kier alpha value is -1.03. The summed E-state index contributed by atoms with van der Waals surface area (Å²) in [5, 5.41) is 0. The monoisotopic (exact) mass is 269 g/mol. The lowest BCUT2D eigenvalue weighted by Crippen LogP contribution is -2.41. The van der Waals surface area contributed by atoms with Crippen LogP contribution in [0.2, 0.25) is 0 Å². The van der Waals surface area contributed by atoms with Crippen LogP contribution in [0.15, 0.2) is 17.2 Å². The predicted octanol–water partition coefficient (Wildman–Crippen LogP) is 2.21. The van der Waals surface area contributed by atoms with Crippen molar-refractivity contribution < 1.29 is 0 Å². The maximum absolute atomic E-state index is 12.5. The number of hydrogen-bond donors (Lipinski definition) is 0. The molecule has 0 bridgehead atoms. The van der Waals surface area contributed by atoms with E-state index in [-0.39, 0.29) is 17.1 Å². The van der Waals surface area contributed by atoms with Crippen molar-refractivity contribution >= 4 is 17.4 Å². The van der Waals surface area contributed by atoms with Crippen molar-refractivity contribution in [2.45, 2.75) is 45.2 Å². The lowest BCUT2D eigenvalue weighted by molar-refractivity contribution is 0.382. The zero-order chi connectivity index (χ0) is 13.3. The van der Waals surface area contributed by atoms with Crippen molar-refractivity contribution in [2.24, 2.45) is 0 Å². The molecule has 1 atom stereocenters. The quantitative estimate of drug-likeness (QED) is 0.773. The van der Waals surface area contributed by atoms with Gasteiger partial charge in [0.25, 0.3) is 5.56 Å². The molecule has 1 aliphatic heterocycles. The molecule has 0 spiro atoms. The summed E-state index contributed by atoms with van der Waals surface area (Å²) < 4.78 is 1.74. The standard InChI is InChI=1S/C13H20ClN3O/c1-13(2,3)17-8-6-15-11(12(17)18)16-7-4-5-10(16)9-14/h6,8,10H,4-5,7,9H2,1-3H3. The molecule has 2 heterocycles. The largest absolute Gasteiger partial charge is 0.348 e. The number of alkyl halides is 1. The number of rotatable bonds is 2. The van der Waals surface area contributed by atoms with Crippen LogP contribution in [0.25, 0.3) is 0 Å². The first kappa shape index (κ1) is 13.4. The second-order valence-corrected chi connectivity index (χ2v) is 6.05. The van der Waals surface area contributed by atoms with Crippen LogP contribution in [-0.4, -0.2) is 28.0 Å². The molecular formula is C13H20ClN3O. The number of halogens is 1. The van der Waals surface area contributed by atoms with E-state index in [1.54, 1.807) is 17.0 Å². The molecule has 18 heavy (non-hydrogen) atoms. The van der Waals surface area contributed by atoms with E-state index in [2.05, 4.69) is 9.88 Å². The summed E-state index contributed by atoms with van der Waals surface area (Å²) in [7, 11) is 0. The van der Waals surface area contributed by atoms with E-state index < -0.39 is 0 Å². The van der Waals surface area contributed by atoms with E-state index in [9.17, 15) is 4.79 Å². The van der Waals surface area contributed by atoms with Gasteiger partial charge in [0.2, 0.25) is 0 Å². The molecule has 1 aromatic heterocycles. The smallest absolute Gasteiger partial charge is 0.293 e. The Morgan fingerprint density at radius 1 is 1.50 bits per heavy atom. The summed E-state index contributed by atoms with van der Waals surface area (Å²) in [4.78, 5) is 18.8. The first-order chi connectivity index (χ1) is 8.45. The summed E-state index contributed by atoms with van der Waals surface area (Å²) in [6, 6.07) is 0.239. The third-order valence-electron chi connectivity index (χ3n) is 3.37. The number of nitrogens with zero attached hydrogens (tertiary/aromatic N) is 3. The van der Waals surface area contributed by atoms with E-state index in [1.165, 1.54) is 0 Å². The van der Waals surface area contributed by atoms with E-state index in [1.807, 2.05) is 20.8 Å². The SMILES string of the molecule is CC(C)(C)n1ccnc(N2CCCC2CCl)c1=O. The number of anilines is 1. The molecule has 1 aliphatic rings. The summed E-state index contributed by atoms with van der Waals surface area (Å²) >= 11 is 5.96. The van der Waals surface area contributed by atoms with Crippen molar-refractivity contribution in [3.05, 3.63) is 22.7 Å². The molecule has 0 radical (unpaired) electrons. The Labute approximate surface area is 113 Å². The molecule has 5 heteroatoms. The first-order valence-electron chi connectivity index (χ1n) is 6.36. The van der Waals surface area contributed by atoms with Crippen LogP contribution in [0, 0.1) is 0 Å². The lowest BCUT2D eigenvalue weighted by atomic mass is 10.1. The van der Waals surface area contributed by atoms with Gasteiger partial charge >= 0.3 is 0 Å². The zero-order valence-electron chi connectivity index (χ0n) is 11.2. The average molecular weight is 270 g/mol. The fourth-order valence-corrected chi connectivity index (χ4v) is 2.72. The van der Waals surface area contributed by atoms with Gasteiger partial charge in [-0.2, -0.15) is 0 Å². The van der Waals surface area contributed by atoms with Crippen LogP contribution < -0.4 is 10.5 Å². The zero-order valence-corrected chi connectivity index (χ0v) is 11.9. The highest BCUT2D eigenvalue weighted by molar-refractivity contribution is 6.18. The van der Waals surface area contributed by atoms with E-state index in [4.69, 9.17) is 11.6 Å². The highest BCUT2D eigenvalue weighted by atomic mass is 35.5. The normalized spacial score (nSPS) is 20.4. The van der Waals surface area contributed by atoms with Gasteiger partial charge in [0, 0.05) is 36.4 Å². The number of hydrogen-bond acceptors (Lipinski definition) is 3. The first-order valence-corrected chi connectivity index (χ1v) is 6.89. The Kier molecular flexibility index (Phi) is 3.66. The molecule has 1 aromatic rings. The van der Waals surface area contributed by atoms with E-state index in [0.717, 1.165) is 19.4 Å². The predicted molar refractivity (Wildman–Crippen MR) is 74.6 cm³/mol. The van der Waals surface area contributed by atoms with Gasteiger partial charge in [-0.05, 0) is 33.6 Å². The molecule has 0 amide bonds. The molecule has 2 rings (SSSR count). The van der Waals surface area contributed by atoms with Gasteiger partial charge in [-0.15, -0.1) is 11.6 Å². The fraction of sp³-hybridized carbons (Fsp3) is 0.692. The van der Waals surface area contributed by atoms with Gasteiger partial charge in [0.05, 0.1) is 0 Å². The van der Waals surface area contributed by atoms with E-state index in [0.29, 0.717) is 11.7 Å². The molecule has 4 nitrogen and oxygen atoms in total. The number of aromatic nitrogens is 2. The Morgan fingerprint density at radius 2 is 2.22 bits per heavy atom. The average Bonchev–Trinajstić information content (AvgIpc) is 2.75. The molecule has 0 aromatic carbocycles. The van der Waals surface area contributed by atoms with Crippen molar-refractivity contribution in [1.82, 2.24) is 9.55 Å². The molecule has 1 saturated heterocycles. The van der Waals surface area contributed by atoms with Crippen LogP contribution in [0.4, 0.5) is 5.82 Å². The van der Waals surface area contributed by atoms with Crippen LogP contribution in [0.5, 0.6) is 0 Å². The summed E-state index contributed by atoms with van der Waals surface area (Å²) in [5.74, 6) is 1.08. The van der Waals surface area contributed by atoms with Gasteiger partial charge in [-0.3, -0.25) is 4.79 Å². The van der Waals surface area contributed by atoms with Crippen molar-refractivity contribution in [1.29, 1.82) is 0 Å². The van der Waals surface area contributed by atoms with Gasteiger partial charge in [0.15, 0.2) is 5.82 Å². The van der Waals surface area contributed by atoms with E-state index >= 15 is 0 Å². The molecule has 1 unspecified atom stereocenters. The topological polar surface area (TPSA) is 38.1 Å². The summed E-state index contributed by atoms with van der Waals surface area (Å²) in [6.45, 7) is 6.91. The Morgan fingerprint density at radius 3 is 2.83 bits per heavy atom. The van der Waals surface area contributed by atoms with Crippen molar-refractivity contribution in [3.63, 3.8) is 0 Å². The third kappa shape index (κ3) is 2.39. The molecule has 0 aliphatic carbocycles. The Balaban J connectivity index is 2.44. The maximum Gasteiger partial charge on any atom is 0.293 e. The minimum Gasteiger partial charge on any atom is -0.348 e. The van der Waals surface area contributed by atoms with Gasteiger partial charge in [-0.1, -0.05) is 0 Å². The highest BCUT2D eigenvalue weighted by Gasteiger charge is 2.28. The van der Waals surface area contributed by atoms with Crippen molar-refractivity contribution in [3.8, 4) is 0 Å². The minimum atomic E-state index is -0.231. The maximum atomic E-state index is 12.5. The molecule has 1 fully saturated rings. The summed E-state index contributed by atoms with van der Waals surface area (Å²) in [5.41, 5.74) is -0.257. The van der Waals surface area contributed by atoms with Crippen LogP contribution in [-0.2, 0) is 5.54 Å². The second kappa shape index (κ2) is 4.92. The van der Waals surface area contributed by atoms with Crippen LogP contribution in [0.1, 0.15) is 33.6 Å². The fourth-order valence-electron chi connectivity index (χ4n) is 2.40.